The van der Waals surface area contributed by atoms with E-state index in [2.05, 4.69) is 152 Å². The summed E-state index contributed by atoms with van der Waals surface area (Å²) in [6, 6.07) is 15.0. The molecule has 268 valence electrons. The summed E-state index contributed by atoms with van der Waals surface area (Å²) in [6.45, 7) is 13.1. The second-order valence-electron chi connectivity index (χ2n) is 15.2. The van der Waals surface area contributed by atoms with Crippen molar-refractivity contribution in [1.29, 1.82) is 0 Å². The Bertz CT molecular complexity index is 1920. The molecule has 10 heteroatoms. The number of rotatable bonds is 4. The van der Waals surface area contributed by atoms with Crippen molar-refractivity contribution in [2.24, 2.45) is 5.41 Å². The van der Waals surface area contributed by atoms with E-state index < -0.39 is 7.25 Å². The van der Waals surface area contributed by atoms with E-state index in [9.17, 15) is 17.3 Å². The van der Waals surface area contributed by atoms with Crippen molar-refractivity contribution in [1.82, 2.24) is 4.58 Å². The lowest BCUT2D eigenvalue weighted by molar-refractivity contribution is 0.291. The first-order valence-electron chi connectivity index (χ1n) is 16.8. The molecule has 1 aromatic rings. The van der Waals surface area contributed by atoms with E-state index in [0.29, 0.717) is 0 Å². The molecule has 2 aliphatic heterocycles. The molecule has 0 radical (unpaired) electrons. The molecule has 0 atom stereocenters. The lowest BCUT2D eigenvalue weighted by Crippen LogP contribution is -2.21. The topological polar surface area (TPSA) is 28.6 Å². The van der Waals surface area contributed by atoms with Crippen LogP contribution in [0, 0.1) is 5.41 Å². The normalized spacial score (nSPS) is 17.1. The van der Waals surface area contributed by atoms with Gasteiger partial charge in [0.25, 0.3) is 0 Å². The maximum atomic E-state index is 9.75. The lowest BCUT2D eigenvalue weighted by Gasteiger charge is -2.29. The van der Waals surface area contributed by atoms with Crippen LogP contribution in [0.1, 0.15) is 77.7 Å². The lowest BCUT2D eigenvalue weighted by atomic mass is 9.88. The fourth-order valence-electron chi connectivity index (χ4n) is 5.56. The zero-order valence-corrected chi connectivity index (χ0v) is 31.5. The first-order chi connectivity index (χ1) is 23.1. The van der Waals surface area contributed by atoms with E-state index in [1.54, 1.807) is 0 Å². The Morgan fingerprint density at radius 2 is 1.50 bits per heavy atom. The second-order valence-corrected chi connectivity index (χ2v) is 15.5. The van der Waals surface area contributed by atoms with Gasteiger partial charge < -0.3 is 31.3 Å². The molecule has 4 aliphatic rings. The zero-order valence-electron chi connectivity index (χ0n) is 30.7. The van der Waals surface area contributed by atoms with Gasteiger partial charge in [-0.1, -0.05) is 77.4 Å². The number of nitrogens with zero attached hydrogens (tertiary/aromatic N) is 2. The maximum Gasteiger partial charge on any atom is 0.673 e. The molecule has 0 N–H and O–H groups in total. The van der Waals surface area contributed by atoms with Gasteiger partial charge in [-0.2, -0.15) is 0 Å². The first-order valence-corrected chi connectivity index (χ1v) is 17.2. The minimum Gasteiger partial charge on any atom is -0.460 e. The Balaban J connectivity index is 0.00000105. The van der Waals surface area contributed by atoms with Crippen LogP contribution in [0.15, 0.2) is 93.1 Å². The van der Waals surface area contributed by atoms with Gasteiger partial charge in [-0.25, -0.2) is 4.58 Å². The van der Waals surface area contributed by atoms with E-state index in [0.717, 1.165) is 91.8 Å². The number of hydrogen-bond donors (Lipinski definition) is 0. The maximum absolute atomic E-state index is 9.75. The predicted molar refractivity (Wildman–Crippen MR) is 202 cm³/mol. The van der Waals surface area contributed by atoms with Gasteiger partial charge in [0.2, 0.25) is 5.36 Å². The molecule has 5 rings (SSSR count). The summed E-state index contributed by atoms with van der Waals surface area (Å²) in [6.07, 6.45) is 14.0. The smallest absolute Gasteiger partial charge is 0.460 e. The summed E-state index contributed by atoms with van der Waals surface area (Å²) < 4.78 is 53.9. The third-order valence-electron chi connectivity index (χ3n) is 8.46. The number of hydrogen-bond acceptors (Lipinski definition) is 3. The molecule has 0 spiro atoms. The van der Waals surface area contributed by atoms with Gasteiger partial charge in [0, 0.05) is 58.9 Å². The number of anilines is 1. The summed E-state index contributed by atoms with van der Waals surface area (Å²) in [7, 11) is 2.21. The molecule has 0 fully saturated rings. The number of allylic oxidation sites excluding steroid dienone is 9. The van der Waals surface area contributed by atoms with Crippen LogP contribution in [0.25, 0.3) is 23.0 Å². The van der Waals surface area contributed by atoms with Crippen molar-refractivity contribution in [2.45, 2.75) is 66.2 Å². The minimum atomic E-state index is -6.00. The highest BCUT2D eigenvalue weighted by Crippen LogP contribution is 2.42. The summed E-state index contributed by atoms with van der Waals surface area (Å²) >= 11 is 7.13. The largest absolute Gasteiger partial charge is 0.673 e. The second kappa shape index (κ2) is 15.1. The number of ether oxygens (including phenoxy) is 1. The van der Waals surface area contributed by atoms with Crippen LogP contribution in [-0.2, 0) is 5.41 Å². The number of fused-ring (bicyclic) bond motifs is 2. The Kier molecular flexibility index (Phi) is 11.7. The highest BCUT2D eigenvalue weighted by molar-refractivity contribution is 6.50. The van der Waals surface area contributed by atoms with E-state index in [4.69, 9.17) is 20.8 Å². The third-order valence-corrected chi connectivity index (χ3v) is 8.95. The number of halogens is 5. The van der Waals surface area contributed by atoms with Gasteiger partial charge in [0.1, 0.15) is 37.1 Å². The molecule has 4 nitrogen and oxygen atoms in total. The Morgan fingerprint density at radius 1 is 0.840 bits per heavy atom. The Labute approximate surface area is 299 Å². The number of benzene rings is 2. The van der Waals surface area contributed by atoms with Crippen molar-refractivity contribution in [2.75, 3.05) is 33.1 Å². The van der Waals surface area contributed by atoms with Gasteiger partial charge in [-0.15, -0.1) is 0 Å². The van der Waals surface area contributed by atoms with Crippen molar-refractivity contribution in [3.63, 3.8) is 0 Å². The summed E-state index contributed by atoms with van der Waals surface area (Å²) in [5.74, 6) is 3.69. The highest BCUT2D eigenvalue weighted by Gasteiger charge is 2.26. The molecule has 0 amide bonds. The average Bonchev–Trinajstić information content (AvgIpc) is 3.00. The highest BCUT2D eigenvalue weighted by atomic mass is 35.5. The van der Waals surface area contributed by atoms with Gasteiger partial charge in [0.05, 0.1) is 6.07 Å². The van der Waals surface area contributed by atoms with Gasteiger partial charge >= 0.3 is 7.25 Å². The molecule has 0 aromatic heterocycles. The van der Waals surface area contributed by atoms with Gasteiger partial charge in [0.15, 0.2) is 0 Å². The molecule has 0 bridgehead atoms. The van der Waals surface area contributed by atoms with Gasteiger partial charge in [-0.3, -0.25) is 0 Å². The molecule has 0 saturated heterocycles. The van der Waals surface area contributed by atoms with E-state index >= 15 is 0 Å². The molecule has 1 aromatic carbocycles. The minimum absolute atomic E-state index is 0.117. The van der Waals surface area contributed by atoms with Crippen LogP contribution in [0.5, 0.6) is 5.75 Å². The quantitative estimate of drug-likeness (QED) is 0.153. The van der Waals surface area contributed by atoms with Crippen LogP contribution in [-0.4, -0.2) is 35.4 Å². The van der Waals surface area contributed by atoms with E-state index in [1.807, 2.05) is 0 Å². The Morgan fingerprint density at radius 3 is 2.10 bits per heavy atom. The summed E-state index contributed by atoms with van der Waals surface area (Å²) in [5.41, 5.74) is 7.67. The average molecular weight is 711 g/mol. The summed E-state index contributed by atoms with van der Waals surface area (Å²) in [4.78, 5) is 2.10. The van der Waals surface area contributed by atoms with Crippen LogP contribution in [0.4, 0.5) is 23.0 Å². The fourth-order valence-corrected chi connectivity index (χ4v) is 5.88. The van der Waals surface area contributed by atoms with Crippen molar-refractivity contribution >= 4 is 36.2 Å². The molecule has 50 heavy (non-hydrogen) atoms. The van der Waals surface area contributed by atoms with Crippen LogP contribution < -0.4 is 19.6 Å². The van der Waals surface area contributed by atoms with Crippen LogP contribution >= 0.6 is 11.6 Å². The monoisotopic (exact) mass is 710 g/mol. The van der Waals surface area contributed by atoms with Crippen molar-refractivity contribution < 1.29 is 26.4 Å². The molecule has 2 aliphatic carbocycles. The molecule has 0 saturated carbocycles. The SMILES string of the molecule is CN(C)c1ccc2c(c1)OC(C(C)(C)C)=C/C2=C\C=C1\CCCC(/C=C/c2cc(C(C)(C)C)oc3cc(=[N+](C)C)ccc2-3)=C1Cl.F[B-](F)(F)F. The van der Waals surface area contributed by atoms with E-state index in [-0.39, 0.29) is 10.8 Å². The molecular formula is C40H48BClF4N2O2. The van der Waals surface area contributed by atoms with Crippen LogP contribution in [0.2, 0.25) is 0 Å². The molecular weight excluding hydrogens is 663 g/mol. The van der Waals surface area contributed by atoms with Crippen LogP contribution in [0.3, 0.4) is 0 Å². The third kappa shape index (κ3) is 10.1. The first kappa shape index (κ1) is 38.8. The van der Waals surface area contributed by atoms with Crippen molar-refractivity contribution in [3.8, 4) is 17.1 Å². The molecule has 2 heterocycles. The van der Waals surface area contributed by atoms with Gasteiger partial charge in [-0.05, 0) is 71.9 Å². The molecule has 0 unspecified atom stereocenters. The Hall–Kier alpha value is -3.98. The van der Waals surface area contributed by atoms with Crippen molar-refractivity contribution in [3.05, 3.63) is 111 Å². The predicted octanol–water partition coefficient (Wildman–Crippen LogP) is 11.1. The zero-order chi connectivity index (χ0) is 37.2. The standard InChI is InChI=1S/C40H48ClN2O2.BF4/c1-39(2,3)36-22-28(32-20-18-30(42(7)8)24-34(32)44-36)16-14-26-12-11-13-27(38(26)41)15-17-29-23-37(40(4,5)6)45-35-25-31(43(9)10)19-21-33(29)35;2-1(3,4)5/h14-25H,11-13H2,1-10H3;/q+1;-1. The summed E-state index contributed by atoms with van der Waals surface area (Å²) in [5, 5.41) is 1.96. The fraction of sp³-hybridized carbons (Fsp3) is 0.375. The van der Waals surface area contributed by atoms with E-state index in [1.165, 1.54) is 0 Å².